The maximum atomic E-state index is 12.7. The van der Waals surface area contributed by atoms with E-state index in [4.69, 9.17) is 24.0 Å². The zero-order chi connectivity index (χ0) is 25.9. The third-order valence-electron chi connectivity index (χ3n) is 5.59. The van der Waals surface area contributed by atoms with Gasteiger partial charge in [0.15, 0.2) is 17.3 Å². The van der Waals surface area contributed by atoms with Gasteiger partial charge in [-0.25, -0.2) is 4.79 Å². The predicted molar refractivity (Wildman–Crippen MR) is 134 cm³/mol. The molecule has 12 nitrogen and oxygen atoms in total. The number of fused-ring (bicyclic) bond motifs is 1. The molecule has 2 aromatic rings. The van der Waals surface area contributed by atoms with Crippen molar-refractivity contribution in [3.8, 4) is 11.5 Å². The molecule has 3 aliphatic rings. The Balaban J connectivity index is 1.32. The maximum absolute atomic E-state index is 12.7. The van der Waals surface area contributed by atoms with Crippen molar-refractivity contribution in [1.29, 1.82) is 5.41 Å². The fourth-order valence-electron chi connectivity index (χ4n) is 3.73. The number of hydrogen-bond acceptors (Lipinski definition) is 10. The molecule has 5 rings (SSSR count). The molecule has 13 heteroatoms. The number of benzene rings is 1. The molecule has 4 heterocycles. The number of rotatable bonds is 6. The minimum atomic E-state index is -0.687. The van der Waals surface area contributed by atoms with Gasteiger partial charge in [-0.15, -0.1) is 0 Å². The number of amides is 2. The number of carbonyl (C=O) groups excluding carboxylic acids is 3. The van der Waals surface area contributed by atoms with Crippen LogP contribution in [0, 0.1) is 5.41 Å². The van der Waals surface area contributed by atoms with E-state index in [2.05, 4.69) is 10.1 Å². The summed E-state index contributed by atoms with van der Waals surface area (Å²) in [5.74, 6) is -1.11. The summed E-state index contributed by atoms with van der Waals surface area (Å²) in [6, 6.07) is 7.73. The van der Waals surface area contributed by atoms with E-state index in [1.165, 1.54) is 36.6 Å². The van der Waals surface area contributed by atoms with E-state index in [9.17, 15) is 14.4 Å². The smallest absolute Gasteiger partial charge is 0.379 e. The van der Waals surface area contributed by atoms with Crippen molar-refractivity contribution >= 4 is 51.7 Å². The van der Waals surface area contributed by atoms with E-state index in [1.807, 2.05) is 0 Å². The van der Waals surface area contributed by atoms with Crippen molar-refractivity contribution in [2.24, 2.45) is 10.1 Å². The normalized spacial score (nSPS) is 18.5. The van der Waals surface area contributed by atoms with E-state index in [-0.39, 0.29) is 46.2 Å². The highest BCUT2D eigenvalue weighted by Crippen LogP contribution is 2.32. The molecule has 0 radical (unpaired) electrons. The van der Waals surface area contributed by atoms with Crippen LogP contribution in [0.15, 0.2) is 56.7 Å². The first-order chi connectivity index (χ1) is 17.9. The molecule has 0 unspecified atom stereocenters. The number of hydrazone groups is 1. The second kappa shape index (κ2) is 10.4. The summed E-state index contributed by atoms with van der Waals surface area (Å²) in [5, 5.41) is 14.8. The molecule has 3 aliphatic heterocycles. The molecule has 0 spiro atoms. The van der Waals surface area contributed by atoms with Gasteiger partial charge in [0.1, 0.15) is 5.04 Å². The number of hydrogen-bond donors (Lipinski definition) is 1. The minimum absolute atomic E-state index is 0.0104. The number of nitrogens with one attached hydrogen (secondary N) is 1. The average molecular weight is 524 g/mol. The van der Waals surface area contributed by atoms with Crippen molar-refractivity contribution in [2.45, 2.75) is 6.42 Å². The summed E-state index contributed by atoms with van der Waals surface area (Å²) in [6.45, 7) is 2.03. The number of aliphatic imine (C=N–C) groups is 1. The Morgan fingerprint density at radius 2 is 2.03 bits per heavy atom. The minimum Gasteiger partial charge on any atom is -0.493 e. The highest BCUT2D eigenvalue weighted by molar-refractivity contribution is 8.27. The van der Waals surface area contributed by atoms with Gasteiger partial charge in [0, 0.05) is 13.1 Å². The zero-order valence-electron chi connectivity index (χ0n) is 19.6. The Kier molecular flexibility index (Phi) is 6.88. The molecule has 1 aromatic heterocycles. The van der Waals surface area contributed by atoms with E-state index in [0.29, 0.717) is 36.9 Å². The lowest BCUT2D eigenvalue weighted by Gasteiger charge is -2.26. The number of methoxy groups -OCH3 is 1. The quantitative estimate of drug-likeness (QED) is 0.342. The van der Waals surface area contributed by atoms with Gasteiger partial charge in [0.25, 0.3) is 5.91 Å². The Bertz CT molecular complexity index is 1360. The monoisotopic (exact) mass is 523 g/mol. The molecule has 0 aliphatic carbocycles. The lowest BCUT2D eigenvalue weighted by atomic mass is 10.1. The van der Waals surface area contributed by atoms with E-state index in [0.717, 1.165) is 11.8 Å². The van der Waals surface area contributed by atoms with Crippen molar-refractivity contribution in [1.82, 2.24) is 9.91 Å². The van der Waals surface area contributed by atoms with E-state index in [1.54, 1.807) is 23.1 Å². The molecule has 0 atom stereocenters. The largest absolute Gasteiger partial charge is 0.493 e. The summed E-state index contributed by atoms with van der Waals surface area (Å²) < 4.78 is 21.0. The van der Waals surface area contributed by atoms with Crippen molar-refractivity contribution in [2.75, 3.05) is 33.4 Å². The summed E-state index contributed by atoms with van der Waals surface area (Å²) >= 11 is 1.10. The molecule has 1 saturated heterocycles. The molecule has 37 heavy (non-hydrogen) atoms. The van der Waals surface area contributed by atoms with Gasteiger partial charge in [-0.3, -0.25) is 15.0 Å². The van der Waals surface area contributed by atoms with Gasteiger partial charge in [-0.05, 0) is 47.7 Å². The third-order valence-corrected chi connectivity index (χ3v) is 6.49. The number of esters is 1. The van der Waals surface area contributed by atoms with Crippen molar-refractivity contribution in [3.05, 3.63) is 53.5 Å². The predicted octanol–water partition coefficient (Wildman–Crippen LogP) is 2.38. The first kappa shape index (κ1) is 24.5. The highest BCUT2D eigenvalue weighted by atomic mass is 32.2. The standard InChI is InChI=1S/C24H21N5O7S/c1-33-18-12-14(4-5-16(18)36-23(32)17-3-2-8-35-17)11-15-21(25)29-24(26-22(15)31)37-19(27-29)13-20(30)28-6-9-34-10-7-28/h2-5,8,11-12,25H,6-7,9-10,13H2,1H3/b15-11-,25-21?. The number of carbonyl (C=O) groups is 3. The Morgan fingerprint density at radius 3 is 2.76 bits per heavy atom. The third kappa shape index (κ3) is 5.17. The van der Waals surface area contributed by atoms with E-state index < -0.39 is 11.9 Å². The number of furan rings is 1. The highest BCUT2D eigenvalue weighted by Gasteiger charge is 2.36. The van der Waals surface area contributed by atoms with Crippen molar-refractivity contribution < 1.29 is 33.0 Å². The average Bonchev–Trinajstić information content (AvgIpc) is 3.58. The van der Waals surface area contributed by atoms with Crippen LogP contribution in [0.1, 0.15) is 22.5 Å². The summed E-state index contributed by atoms with van der Waals surface area (Å²) in [4.78, 5) is 43.3. The molecular formula is C24H21N5O7S. The van der Waals surface area contributed by atoms with Crippen LogP contribution in [-0.2, 0) is 14.3 Å². The van der Waals surface area contributed by atoms with Crippen LogP contribution in [-0.4, -0.2) is 77.2 Å². The lowest BCUT2D eigenvalue weighted by molar-refractivity contribution is -0.133. The van der Waals surface area contributed by atoms with Crippen LogP contribution in [0.4, 0.5) is 0 Å². The molecule has 0 saturated carbocycles. The Labute approximate surface area is 215 Å². The Morgan fingerprint density at radius 1 is 1.22 bits per heavy atom. The van der Waals surface area contributed by atoms with Gasteiger partial charge < -0.3 is 23.5 Å². The number of amidine groups is 2. The molecule has 0 bridgehead atoms. The molecule has 1 fully saturated rings. The van der Waals surface area contributed by atoms with Gasteiger partial charge in [-0.2, -0.15) is 15.1 Å². The second-order valence-electron chi connectivity index (χ2n) is 7.96. The molecule has 2 amide bonds. The fourth-order valence-corrected chi connectivity index (χ4v) is 4.60. The zero-order valence-corrected chi connectivity index (χ0v) is 20.4. The number of nitrogens with zero attached hydrogens (tertiary/aromatic N) is 4. The maximum Gasteiger partial charge on any atom is 0.379 e. The fraction of sp³-hybridized carbons (Fsp3) is 0.250. The van der Waals surface area contributed by atoms with Crippen LogP contribution < -0.4 is 9.47 Å². The number of ether oxygens (including phenoxy) is 3. The number of morpholine rings is 1. The van der Waals surface area contributed by atoms with Crippen LogP contribution in [0.2, 0.25) is 0 Å². The van der Waals surface area contributed by atoms with Crippen molar-refractivity contribution in [3.63, 3.8) is 0 Å². The molecular weight excluding hydrogens is 502 g/mol. The molecule has 1 N–H and O–H groups in total. The Hall–Kier alpha value is -4.23. The first-order valence-corrected chi connectivity index (χ1v) is 12.0. The first-order valence-electron chi connectivity index (χ1n) is 11.2. The van der Waals surface area contributed by atoms with Crippen LogP contribution in [0.3, 0.4) is 0 Å². The topological polar surface area (TPSA) is 147 Å². The lowest BCUT2D eigenvalue weighted by Crippen LogP contribution is -2.41. The van der Waals surface area contributed by atoms with Crippen LogP contribution in [0.5, 0.6) is 11.5 Å². The van der Waals surface area contributed by atoms with E-state index >= 15 is 0 Å². The van der Waals surface area contributed by atoms with Gasteiger partial charge in [0.05, 0.1) is 38.6 Å². The summed E-state index contributed by atoms with van der Waals surface area (Å²) in [7, 11) is 1.41. The summed E-state index contributed by atoms with van der Waals surface area (Å²) in [6.07, 6.45) is 2.89. The summed E-state index contributed by atoms with van der Waals surface area (Å²) in [5.41, 5.74) is 0.524. The SMILES string of the molecule is COc1cc(/C=C2/C(=N)N3N=C(CC(=O)N4CCOCC4)SC3=NC2=O)ccc1OC(=O)c1ccco1. The van der Waals surface area contributed by atoms with Gasteiger partial charge in [-0.1, -0.05) is 6.07 Å². The van der Waals surface area contributed by atoms with Crippen LogP contribution >= 0.6 is 11.8 Å². The van der Waals surface area contributed by atoms with Gasteiger partial charge >= 0.3 is 5.97 Å². The number of thioether (sulfide) groups is 1. The molecule has 190 valence electrons. The second-order valence-corrected chi connectivity index (χ2v) is 9.00. The van der Waals surface area contributed by atoms with Crippen LogP contribution in [0.25, 0.3) is 6.08 Å². The molecule has 1 aromatic carbocycles. The van der Waals surface area contributed by atoms with Gasteiger partial charge in [0.2, 0.25) is 16.8 Å².